The van der Waals surface area contributed by atoms with Crippen LogP contribution in [0.25, 0.3) is 32.3 Å². The van der Waals surface area contributed by atoms with Gasteiger partial charge in [0.1, 0.15) is 0 Å². The summed E-state index contributed by atoms with van der Waals surface area (Å²) in [4.78, 5) is 6.92. The minimum absolute atomic E-state index is 0.0177. The first-order chi connectivity index (χ1) is 32.3. The molecular weight excluding hydrogens is 860 g/mol. The number of fused-ring (bicyclic) bond motifs is 7. The Morgan fingerprint density at radius 2 is 1.21 bits per heavy atom. The smallest absolute Gasteiger partial charge is 0.227 e. The average Bonchev–Trinajstić information content (AvgIpc) is 3.90. The molecule has 0 amide bonds. The molecule has 0 aliphatic carbocycles. The minimum atomic E-state index is -0.0237. The van der Waals surface area contributed by atoms with E-state index in [1.165, 1.54) is 116 Å². The second-order valence-corrected chi connectivity index (χ2v) is 25.4. The lowest BCUT2D eigenvalue weighted by Crippen LogP contribution is -2.62. The largest absolute Gasteiger partial charge is 0.329 e. The number of hydrogen-bond acceptors (Lipinski definition) is 4. The molecule has 0 spiro atoms. The van der Waals surface area contributed by atoms with Gasteiger partial charge in [-0.25, -0.2) is 0 Å². The Morgan fingerprint density at radius 3 is 1.90 bits per heavy atom. The zero-order valence-corrected chi connectivity index (χ0v) is 43.9. The zero-order chi connectivity index (χ0) is 47.8. The lowest BCUT2D eigenvalue weighted by Gasteiger charge is -2.50. The number of benzene rings is 7. The molecule has 0 bridgehead atoms. The lowest BCUT2D eigenvalue weighted by atomic mass is 9.29. The van der Waals surface area contributed by atoms with Crippen LogP contribution in [0.3, 0.4) is 0 Å². The van der Waals surface area contributed by atoms with Gasteiger partial charge in [-0.15, -0.1) is 23.1 Å². The van der Waals surface area contributed by atoms with Gasteiger partial charge in [-0.3, -0.25) is 0 Å². The summed E-state index contributed by atoms with van der Waals surface area (Å²) < 4.78 is 1.32. The van der Waals surface area contributed by atoms with E-state index in [9.17, 15) is 0 Å². The molecule has 3 aliphatic heterocycles. The maximum absolute atomic E-state index is 2.82. The minimum Gasteiger partial charge on any atom is -0.329 e. The van der Waals surface area contributed by atoms with Crippen molar-refractivity contribution in [3.63, 3.8) is 0 Å². The highest BCUT2D eigenvalue weighted by molar-refractivity contribution is 8.00. The fraction of sp³-hybridized carbons (Fsp3) is 0.302. The third-order valence-corrected chi connectivity index (χ3v) is 17.6. The monoisotopic (exact) mass is 924 g/mol. The van der Waals surface area contributed by atoms with Crippen molar-refractivity contribution < 1.29 is 0 Å². The van der Waals surface area contributed by atoms with Gasteiger partial charge in [0.15, 0.2) is 0 Å². The Bertz CT molecular complexity index is 3280. The van der Waals surface area contributed by atoms with Crippen LogP contribution in [0.2, 0.25) is 0 Å². The van der Waals surface area contributed by atoms with E-state index in [0.717, 1.165) is 0 Å². The lowest BCUT2D eigenvalue weighted by molar-refractivity contribution is 0.588. The molecule has 342 valence electrons. The number of nitrogens with zero attached hydrogens (tertiary/aromatic N) is 2. The van der Waals surface area contributed by atoms with E-state index >= 15 is 0 Å². The molecule has 0 N–H and O–H groups in total. The standard InChI is InChI=1S/C63H65BN2S2/c1-37(2)42-32-53-58-54(33-42)66(59-38(3)29-45(30-39(59)4)63(11,12)13)60-57(48-35-44(62(8,9)10)25-28-56(48)68-60)64(58)50-26-23-41(49-36-67-55-22-18-17-21-46(49)55)31-52(50)65(53)51-27-24-43(61(5,6)7)34-47(51)40-19-15-14-16-20-40/h14-37,57,60H,1-13H3. The highest BCUT2D eigenvalue weighted by Crippen LogP contribution is 2.58. The van der Waals surface area contributed by atoms with Crippen molar-refractivity contribution in [2.75, 3.05) is 9.80 Å². The second kappa shape index (κ2) is 16.0. The molecule has 2 unspecified atom stereocenters. The summed E-state index contributed by atoms with van der Waals surface area (Å²) in [6, 6.07) is 52.4. The van der Waals surface area contributed by atoms with Crippen molar-refractivity contribution in [3.05, 3.63) is 178 Å². The van der Waals surface area contributed by atoms with Crippen LogP contribution in [0, 0.1) is 13.8 Å². The summed E-state index contributed by atoms with van der Waals surface area (Å²) in [5, 5.41) is 3.84. The van der Waals surface area contributed by atoms with Gasteiger partial charge in [0.2, 0.25) is 6.71 Å². The molecule has 3 aliphatic rings. The number of thiophene rings is 1. The van der Waals surface area contributed by atoms with Crippen LogP contribution in [0.1, 0.15) is 127 Å². The molecule has 0 saturated carbocycles. The summed E-state index contributed by atoms with van der Waals surface area (Å²) in [6.07, 6.45) is 0. The maximum atomic E-state index is 2.82. The molecule has 0 fully saturated rings. The van der Waals surface area contributed by atoms with E-state index in [4.69, 9.17) is 0 Å². The molecule has 8 aromatic rings. The van der Waals surface area contributed by atoms with E-state index < -0.39 is 0 Å². The maximum Gasteiger partial charge on any atom is 0.227 e. The van der Waals surface area contributed by atoms with Gasteiger partial charge in [0, 0.05) is 54.7 Å². The first kappa shape index (κ1) is 45.0. The first-order valence-electron chi connectivity index (χ1n) is 24.8. The predicted molar refractivity (Wildman–Crippen MR) is 299 cm³/mol. The van der Waals surface area contributed by atoms with E-state index in [-0.39, 0.29) is 34.1 Å². The quantitative estimate of drug-likeness (QED) is 0.159. The van der Waals surface area contributed by atoms with Crippen LogP contribution in [0.5, 0.6) is 0 Å². The van der Waals surface area contributed by atoms with Gasteiger partial charge in [0.25, 0.3) is 0 Å². The van der Waals surface area contributed by atoms with Crippen molar-refractivity contribution in [3.8, 4) is 22.3 Å². The highest BCUT2D eigenvalue weighted by atomic mass is 32.2. The molecule has 1 aromatic heterocycles. The highest BCUT2D eigenvalue weighted by Gasteiger charge is 2.55. The Labute approximate surface area is 414 Å². The molecule has 2 nitrogen and oxygen atoms in total. The number of rotatable bonds is 5. The molecule has 7 aromatic carbocycles. The topological polar surface area (TPSA) is 6.48 Å². The second-order valence-electron chi connectivity index (χ2n) is 23.3. The summed E-state index contributed by atoms with van der Waals surface area (Å²) in [5.41, 5.74) is 24.1. The molecule has 68 heavy (non-hydrogen) atoms. The molecule has 11 rings (SSSR count). The Morgan fingerprint density at radius 1 is 0.559 bits per heavy atom. The normalized spacial score (nSPS) is 16.6. The van der Waals surface area contributed by atoms with Gasteiger partial charge in [-0.1, -0.05) is 167 Å². The van der Waals surface area contributed by atoms with E-state index in [1.54, 1.807) is 0 Å². The van der Waals surface area contributed by atoms with E-state index in [1.807, 2.05) is 11.3 Å². The van der Waals surface area contributed by atoms with Gasteiger partial charge in [-0.05, 0) is 145 Å². The third kappa shape index (κ3) is 7.29. The summed E-state index contributed by atoms with van der Waals surface area (Å²) >= 11 is 3.93. The molecule has 0 radical (unpaired) electrons. The zero-order valence-electron chi connectivity index (χ0n) is 42.3. The van der Waals surface area contributed by atoms with E-state index in [0.29, 0.717) is 5.92 Å². The average molecular weight is 925 g/mol. The Kier molecular flexibility index (Phi) is 10.6. The van der Waals surface area contributed by atoms with E-state index in [2.05, 4.69) is 250 Å². The van der Waals surface area contributed by atoms with Crippen LogP contribution < -0.4 is 20.7 Å². The van der Waals surface area contributed by atoms with Crippen molar-refractivity contribution >= 4 is 79.3 Å². The molecule has 5 heteroatoms. The third-order valence-electron chi connectivity index (χ3n) is 15.2. The van der Waals surface area contributed by atoms with Crippen LogP contribution >= 0.6 is 23.1 Å². The van der Waals surface area contributed by atoms with Crippen molar-refractivity contribution in [1.82, 2.24) is 0 Å². The SMILES string of the molecule is Cc1cc(C(C)(C)C)cc(C)c1N1c2cc(C(C)C)cc3c2B(c2ccc(-c4csc5ccccc45)cc2N3c2ccc(C(C)(C)C)cc2-c2ccccc2)C2c3cc(C(C)(C)C)ccc3SC21. The predicted octanol–water partition coefficient (Wildman–Crippen LogP) is 17.2. The molecule has 2 atom stereocenters. The van der Waals surface area contributed by atoms with Crippen LogP contribution in [0.15, 0.2) is 144 Å². The summed E-state index contributed by atoms with van der Waals surface area (Å²) in [5.74, 6) is 0.506. The summed E-state index contributed by atoms with van der Waals surface area (Å²) in [7, 11) is 0. The van der Waals surface area contributed by atoms with Gasteiger partial charge < -0.3 is 9.80 Å². The molecular formula is C63H65BN2S2. The van der Waals surface area contributed by atoms with Gasteiger partial charge >= 0.3 is 0 Å². The number of aryl methyl sites for hydroxylation is 2. The fourth-order valence-corrected chi connectivity index (χ4v) is 13.9. The van der Waals surface area contributed by atoms with Crippen LogP contribution in [0.4, 0.5) is 28.4 Å². The van der Waals surface area contributed by atoms with Crippen molar-refractivity contribution in [2.24, 2.45) is 0 Å². The van der Waals surface area contributed by atoms with Gasteiger partial charge in [0.05, 0.1) is 11.1 Å². The molecule has 4 heterocycles. The number of hydrogen-bond donors (Lipinski definition) is 0. The Balaban J connectivity index is 1.27. The van der Waals surface area contributed by atoms with Gasteiger partial charge in [-0.2, -0.15) is 0 Å². The number of thioether (sulfide) groups is 1. The van der Waals surface area contributed by atoms with Crippen LogP contribution in [-0.4, -0.2) is 12.1 Å². The van der Waals surface area contributed by atoms with Crippen LogP contribution in [-0.2, 0) is 16.2 Å². The summed E-state index contributed by atoms with van der Waals surface area (Å²) in [6.45, 7) is 30.7. The number of anilines is 5. The molecule has 0 saturated heterocycles. The van der Waals surface area contributed by atoms with Crippen molar-refractivity contribution in [1.29, 1.82) is 0 Å². The Hall–Kier alpha value is -5.49. The fourth-order valence-electron chi connectivity index (χ4n) is 11.5. The van der Waals surface area contributed by atoms with Crippen molar-refractivity contribution in [2.45, 2.75) is 128 Å². The first-order valence-corrected chi connectivity index (χ1v) is 26.5.